The van der Waals surface area contributed by atoms with Gasteiger partial charge in [-0.05, 0) is 32.0 Å². The van der Waals surface area contributed by atoms with Crippen LogP contribution in [0.4, 0.5) is 11.4 Å². The number of aryl methyl sites for hydroxylation is 1. The summed E-state index contributed by atoms with van der Waals surface area (Å²) in [5.41, 5.74) is 1.84. The summed E-state index contributed by atoms with van der Waals surface area (Å²) in [4.78, 5) is 10.7. The first-order chi connectivity index (χ1) is 11.6. The van der Waals surface area contributed by atoms with Crippen molar-refractivity contribution >= 4 is 21.2 Å². The zero-order valence-corrected chi connectivity index (χ0v) is 15.3. The molecule has 0 saturated carbocycles. The maximum atomic E-state index is 11.6. The van der Waals surface area contributed by atoms with Gasteiger partial charge in [0.25, 0.3) is 5.69 Å². The van der Waals surface area contributed by atoms with E-state index in [2.05, 4.69) is 5.32 Å². The van der Waals surface area contributed by atoms with Crippen LogP contribution in [0.1, 0.15) is 24.1 Å². The number of nitrogens with zero attached hydrogens (tertiary/aromatic N) is 1. The third kappa shape index (κ3) is 4.27. The molecule has 0 bridgehead atoms. The number of benzene rings is 2. The molecule has 0 unspecified atom stereocenters. The first kappa shape index (κ1) is 18.7. The Kier molecular flexibility index (Phi) is 5.32. The van der Waals surface area contributed by atoms with Gasteiger partial charge in [-0.3, -0.25) is 10.1 Å². The molecular formula is C17H20N2O5S. The fraction of sp³-hybridized carbons (Fsp3) is 0.294. The van der Waals surface area contributed by atoms with E-state index in [0.717, 1.165) is 23.4 Å². The van der Waals surface area contributed by atoms with Crippen molar-refractivity contribution in [2.24, 2.45) is 0 Å². The third-order valence-electron chi connectivity index (χ3n) is 3.82. The molecule has 0 spiro atoms. The molecule has 0 aliphatic carbocycles. The summed E-state index contributed by atoms with van der Waals surface area (Å²) >= 11 is 0. The summed E-state index contributed by atoms with van der Waals surface area (Å²) in [7, 11) is -1.96. The first-order valence-electron chi connectivity index (χ1n) is 7.53. The van der Waals surface area contributed by atoms with Crippen LogP contribution in [0.5, 0.6) is 5.75 Å². The summed E-state index contributed by atoms with van der Waals surface area (Å²) in [6.07, 6.45) is 1.01. The average molecular weight is 364 g/mol. The van der Waals surface area contributed by atoms with E-state index in [1.54, 1.807) is 7.11 Å². The smallest absolute Gasteiger partial charge is 0.293 e. The lowest BCUT2D eigenvalue weighted by Gasteiger charge is -2.19. The molecule has 134 valence electrons. The average Bonchev–Trinajstić information content (AvgIpc) is 2.53. The Morgan fingerprint density at radius 3 is 2.44 bits per heavy atom. The number of anilines is 1. The van der Waals surface area contributed by atoms with Crippen molar-refractivity contribution in [3.63, 3.8) is 0 Å². The van der Waals surface area contributed by atoms with Gasteiger partial charge >= 0.3 is 0 Å². The van der Waals surface area contributed by atoms with E-state index in [4.69, 9.17) is 4.74 Å². The molecule has 0 fully saturated rings. The summed E-state index contributed by atoms with van der Waals surface area (Å²) in [6.45, 7) is 3.80. The minimum absolute atomic E-state index is 0.0921. The highest BCUT2D eigenvalue weighted by atomic mass is 32.2. The normalized spacial score (nSPS) is 12.5. The van der Waals surface area contributed by atoms with Crippen molar-refractivity contribution in [2.75, 3.05) is 18.7 Å². The highest BCUT2D eigenvalue weighted by Gasteiger charge is 2.21. The van der Waals surface area contributed by atoms with Crippen molar-refractivity contribution < 1.29 is 18.1 Å². The number of ether oxygens (including phenoxy) is 1. The minimum atomic E-state index is -3.52. The predicted octanol–water partition coefficient (Wildman–Crippen LogP) is 3.49. The maximum absolute atomic E-state index is 11.6. The molecule has 0 saturated heterocycles. The molecule has 0 radical (unpaired) electrons. The van der Waals surface area contributed by atoms with Crippen molar-refractivity contribution in [1.29, 1.82) is 0 Å². The number of methoxy groups -OCH3 is 1. The summed E-state index contributed by atoms with van der Waals surface area (Å²) < 4.78 is 28.6. The van der Waals surface area contributed by atoms with E-state index in [1.165, 1.54) is 12.1 Å². The lowest BCUT2D eigenvalue weighted by atomic mass is 10.0. The molecule has 25 heavy (non-hydrogen) atoms. The summed E-state index contributed by atoms with van der Waals surface area (Å²) in [6, 6.07) is 9.24. The van der Waals surface area contributed by atoms with Crippen LogP contribution in [0.3, 0.4) is 0 Å². The maximum Gasteiger partial charge on any atom is 0.293 e. The van der Waals surface area contributed by atoms with E-state index >= 15 is 0 Å². The van der Waals surface area contributed by atoms with Gasteiger partial charge in [-0.15, -0.1) is 0 Å². The molecule has 0 aliphatic rings. The Bertz CT molecular complexity index is 909. The van der Waals surface area contributed by atoms with Crippen LogP contribution in [-0.4, -0.2) is 26.7 Å². The molecule has 2 rings (SSSR count). The summed E-state index contributed by atoms with van der Waals surface area (Å²) in [5.74, 6) is 0.668. The zero-order valence-electron chi connectivity index (χ0n) is 14.4. The quantitative estimate of drug-likeness (QED) is 0.622. The molecule has 2 aromatic rings. The Morgan fingerprint density at radius 2 is 1.88 bits per heavy atom. The van der Waals surface area contributed by atoms with Gasteiger partial charge in [0, 0.05) is 17.9 Å². The number of nitro groups is 1. The topological polar surface area (TPSA) is 98.5 Å². The van der Waals surface area contributed by atoms with E-state index < -0.39 is 14.8 Å². The zero-order chi connectivity index (χ0) is 18.8. The molecule has 1 atom stereocenters. The number of nitrogens with one attached hydrogen (secondary N) is 1. The number of hydrogen-bond donors (Lipinski definition) is 1. The molecular weight excluding hydrogens is 344 g/mol. The van der Waals surface area contributed by atoms with Gasteiger partial charge in [-0.1, -0.05) is 17.7 Å². The van der Waals surface area contributed by atoms with Gasteiger partial charge in [-0.25, -0.2) is 8.42 Å². The molecule has 0 heterocycles. The second kappa shape index (κ2) is 7.10. The van der Waals surface area contributed by atoms with Crippen LogP contribution in [0.25, 0.3) is 0 Å². The highest BCUT2D eigenvalue weighted by molar-refractivity contribution is 7.90. The Labute approximate surface area is 146 Å². The standard InChI is InChI=1S/C17H20N2O5S/c1-11-5-8-17(24-3)14(9-11)12(2)18-15-7-6-13(25(4,22)23)10-16(15)19(20)21/h5-10,12,18H,1-4H3/t12-/m1/s1. The van der Waals surface area contributed by atoms with Gasteiger partial charge in [-0.2, -0.15) is 0 Å². The predicted molar refractivity (Wildman–Crippen MR) is 96.0 cm³/mol. The summed E-state index contributed by atoms with van der Waals surface area (Å²) in [5, 5.41) is 14.4. The minimum Gasteiger partial charge on any atom is -0.496 e. The van der Waals surface area contributed by atoms with Gasteiger partial charge in [0.05, 0.1) is 23.0 Å². The Balaban J connectivity index is 2.43. The lowest BCUT2D eigenvalue weighted by Crippen LogP contribution is -2.10. The number of rotatable bonds is 6. The van der Waals surface area contributed by atoms with Crippen LogP contribution in [-0.2, 0) is 9.84 Å². The van der Waals surface area contributed by atoms with Crippen LogP contribution in [0, 0.1) is 17.0 Å². The molecule has 8 heteroatoms. The fourth-order valence-corrected chi connectivity index (χ4v) is 3.16. The van der Waals surface area contributed by atoms with Crippen molar-refractivity contribution in [3.8, 4) is 5.75 Å². The first-order valence-corrected chi connectivity index (χ1v) is 9.42. The van der Waals surface area contributed by atoms with Crippen molar-refractivity contribution in [1.82, 2.24) is 0 Å². The molecule has 1 N–H and O–H groups in total. The second-order valence-electron chi connectivity index (χ2n) is 5.82. The van der Waals surface area contributed by atoms with Gasteiger partial charge in [0.15, 0.2) is 9.84 Å². The number of nitro benzene ring substituents is 1. The van der Waals surface area contributed by atoms with Crippen molar-refractivity contribution in [3.05, 3.63) is 57.6 Å². The number of hydrogen-bond acceptors (Lipinski definition) is 6. The second-order valence-corrected chi connectivity index (χ2v) is 7.84. The fourth-order valence-electron chi connectivity index (χ4n) is 2.52. The monoisotopic (exact) mass is 364 g/mol. The molecule has 2 aromatic carbocycles. The van der Waals surface area contributed by atoms with E-state index in [9.17, 15) is 18.5 Å². The Morgan fingerprint density at radius 1 is 1.20 bits per heavy atom. The lowest BCUT2D eigenvalue weighted by molar-refractivity contribution is -0.384. The van der Waals surface area contributed by atoms with Crippen molar-refractivity contribution in [2.45, 2.75) is 24.8 Å². The molecule has 0 aromatic heterocycles. The highest BCUT2D eigenvalue weighted by Crippen LogP contribution is 2.33. The van der Waals surface area contributed by atoms with E-state index in [-0.39, 0.29) is 22.3 Å². The van der Waals surface area contributed by atoms with E-state index in [1.807, 2.05) is 32.0 Å². The van der Waals surface area contributed by atoms with Crippen LogP contribution in [0.15, 0.2) is 41.3 Å². The van der Waals surface area contributed by atoms with Gasteiger partial charge < -0.3 is 10.1 Å². The molecule has 0 amide bonds. The Hall–Kier alpha value is -2.61. The van der Waals surface area contributed by atoms with Crippen LogP contribution < -0.4 is 10.1 Å². The van der Waals surface area contributed by atoms with Gasteiger partial charge in [0.1, 0.15) is 11.4 Å². The molecule has 7 nitrogen and oxygen atoms in total. The largest absolute Gasteiger partial charge is 0.496 e. The van der Waals surface area contributed by atoms with Crippen LogP contribution in [0.2, 0.25) is 0 Å². The van der Waals surface area contributed by atoms with Gasteiger partial charge in [0.2, 0.25) is 0 Å². The molecule has 0 aliphatic heterocycles. The SMILES string of the molecule is COc1ccc(C)cc1[C@@H](C)Nc1ccc(S(C)(=O)=O)cc1[N+](=O)[O-]. The van der Waals surface area contributed by atoms with Crippen LogP contribution >= 0.6 is 0 Å². The number of sulfone groups is 1. The third-order valence-corrected chi connectivity index (χ3v) is 4.93. The van der Waals surface area contributed by atoms with E-state index in [0.29, 0.717) is 5.75 Å².